The first-order valence-electron chi connectivity index (χ1n) is 2.79. The fourth-order valence-electron chi connectivity index (χ4n) is 0.626. The molecule has 0 amide bonds. The summed E-state index contributed by atoms with van der Waals surface area (Å²) in [6.07, 6.45) is 8.49. The molecule has 0 spiro atoms. The minimum absolute atomic E-state index is 0. The second-order valence-corrected chi connectivity index (χ2v) is 1.85. The van der Waals surface area contributed by atoms with Crippen LogP contribution in [0.3, 0.4) is 0 Å². The molecular formula is C8H9ClOZn-. The fraction of sp³-hybridized carbons (Fsp3) is 0.125. The van der Waals surface area contributed by atoms with Gasteiger partial charge >= 0.3 is 0 Å². The number of ether oxygens (including phenoxy) is 1. The zero-order valence-electron chi connectivity index (χ0n) is 6.51. The molecule has 0 bridgehead atoms. The van der Waals surface area contributed by atoms with Gasteiger partial charge in [0, 0.05) is 26.6 Å². The third kappa shape index (κ3) is 4.52. The normalized spacial score (nSPS) is 15.5. The number of hydrogen-bond donors (Lipinski definition) is 0. The Labute approximate surface area is 86.4 Å². The van der Waals surface area contributed by atoms with Crippen LogP contribution in [0, 0.1) is 6.10 Å². The standard InChI is InChI=1S/C8H9O.ClH.Zn/c1-7-3-5-8(9-2)6-4-7;;/h3-6H,1H2,2H3;1H;/p-1. The van der Waals surface area contributed by atoms with Gasteiger partial charge in [-0.2, -0.15) is 0 Å². The zero-order chi connectivity index (χ0) is 6.69. The van der Waals surface area contributed by atoms with E-state index in [0.29, 0.717) is 0 Å². The Morgan fingerprint density at radius 3 is 2.00 bits per heavy atom. The Morgan fingerprint density at radius 2 is 1.64 bits per heavy atom. The summed E-state index contributed by atoms with van der Waals surface area (Å²) in [6.45, 7) is 3.74. The number of hydrogen-bond acceptors (Lipinski definition) is 1. The topological polar surface area (TPSA) is 9.23 Å². The van der Waals surface area contributed by atoms with Crippen molar-refractivity contribution in [2.24, 2.45) is 0 Å². The van der Waals surface area contributed by atoms with Crippen molar-refractivity contribution in [2.75, 3.05) is 7.11 Å². The number of halogens is 1. The van der Waals surface area contributed by atoms with Crippen LogP contribution in [-0.2, 0) is 24.2 Å². The van der Waals surface area contributed by atoms with Gasteiger partial charge in [0.2, 0.25) is 0 Å². The van der Waals surface area contributed by atoms with Crippen LogP contribution in [0.2, 0.25) is 0 Å². The number of allylic oxidation sites excluding steroid dienone is 3. The van der Waals surface area contributed by atoms with Crippen LogP contribution in [0.25, 0.3) is 0 Å². The molecule has 0 N–H and O–H groups in total. The average molecular weight is 222 g/mol. The van der Waals surface area contributed by atoms with Gasteiger partial charge in [0.05, 0.1) is 0 Å². The third-order valence-corrected chi connectivity index (χ3v) is 1.16. The molecule has 0 atom stereocenters. The van der Waals surface area contributed by atoms with Gasteiger partial charge in [-0.05, 0) is 17.7 Å². The molecule has 0 aliphatic heterocycles. The Bertz CT molecular complexity index is 159. The van der Waals surface area contributed by atoms with Crippen LogP contribution in [0.4, 0.5) is 0 Å². The van der Waals surface area contributed by atoms with Crippen LogP contribution < -0.4 is 12.4 Å². The van der Waals surface area contributed by atoms with Crippen molar-refractivity contribution in [2.45, 2.75) is 0 Å². The molecule has 1 nitrogen and oxygen atoms in total. The minimum Gasteiger partial charge on any atom is -1.00 e. The summed E-state index contributed by atoms with van der Waals surface area (Å²) >= 11 is 0. The SMILES string of the molecule is C=C1C=C[C](OC)C=C1.[Cl-].[Zn]. The first-order valence-corrected chi connectivity index (χ1v) is 2.79. The third-order valence-electron chi connectivity index (χ3n) is 1.16. The molecule has 1 aliphatic carbocycles. The van der Waals surface area contributed by atoms with Crippen LogP contribution >= 0.6 is 0 Å². The maximum atomic E-state index is 4.94. The van der Waals surface area contributed by atoms with Gasteiger partial charge in [-0.15, -0.1) is 0 Å². The van der Waals surface area contributed by atoms with E-state index in [9.17, 15) is 0 Å². The summed E-state index contributed by atoms with van der Waals surface area (Å²) in [5, 5.41) is 0. The molecule has 1 aliphatic rings. The summed E-state index contributed by atoms with van der Waals surface area (Å²) in [6, 6.07) is 0. The molecule has 0 heterocycles. The van der Waals surface area contributed by atoms with Gasteiger partial charge < -0.3 is 17.1 Å². The van der Waals surface area contributed by atoms with E-state index in [1.165, 1.54) is 0 Å². The first-order chi connectivity index (χ1) is 4.33. The van der Waals surface area contributed by atoms with E-state index < -0.39 is 0 Å². The molecule has 57 valence electrons. The molecule has 11 heavy (non-hydrogen) atoms. The van der Waals surface area contributed by atoms with Crippen molar-refractivity contribution in [3.63, 3.8) is 0 Å². The maximum absolute atomic E-state index is 4.94. The predicted molar refractivity (Wildman–Crippen MR) is 37.7 cm³/mol. The molecule has 3 heteroatoms. The molecule has 0 unspecified atom stereocenters. The fourth-order valence-corrected chi connectivity index (χ4v) is 0.626. The van der Waals surface area contributed by atoms with Gasteiger partial charge in [0.15, 0.2) is 0 Å². The van der Waals surface area contributed by atoms with E-state index >= 15 is 0 Å². The predicted octanol–water partition coefficient (Wildman–Crippen LogP) is -1.15. The largest absolute Gasteiger partial charge is 1.00 e. The molecule has 0 saturated carbocycles. The van der Waals surface area contributed by atoms with Gasteiger partial charge in [0.1, 0.15) is 6.10 Å². The second-order valence-electron chi connectivity index (χ2n) is 1.85. The smallest absolute Gasteiger partial charge is 0.141 e. The minimum atomic E-state index is 0. The Balaban J connectivity index is 0. The average Bonchev–Trinajstić information content (AvgIpc) is 1.90. The first kappa shape index (κ1) is 13.7. The van der Waals surface area contributed by atoms with Crippen LogP contribution in [0.1, 0.15) is 0 Å². The zero-order valence-corrected chi connectivity index (χ0v) is 10.2. The van der Waals surface area contributed by atoms with E-state index in [1.807, 2.05) is 24.3 Å². The van der Waals surface area contributed by atoms with Gasteiger partial charge in [-0.3, -0.25) is 0 Å². The van der Waals surface area contributed by atoms with Gasteiger partial charge in [-0.25, -0.2) is 0 Å². The molecule has 0 aromatic heterocycles. The maximum Gasteiger partial charge on any atom is 0.141 e. The summed E-state index contributed by atoms with van der Waals surface area (Å²) in [5.74, 6) is 0. The molecule has 0 aromatic rings. The van der Waals surface area contributed by atoms with Crippen molar-refractivity contribution in [3.8, 4) is 0 Å². The molecule has 0 saturated heterocycles. The molecule has 0 fully saturated rings. The quantitative estimate of drug-likeness (QED) is 0.509. The summed E-state index contributed by atoms with van der Waals surface area (Å²) in [7, 11) is 1.65. The van der Waals surface area contributed by atoms with Crippen LogP contribution in [0.5, 0.6) is 0 Å². The van der Waals surface area contributed by atoms with E-state index in [2.05, 4.69) is 6.58 Å². The Kier molecular flexibility index (Phi) is 8.43. The van der Waals surface area contributed by atoms with Crippen molar-refractivity contribution < 1.29 is 36.6 Å². The molecule has 1 radical (unpaired) electrons. The van der Waals surface area contributed by atoms with Crippen molar-refractivity contribution in [1.29, 1.82) is 0 Å². The van der Waals surface area contributed by atoms with Crippen molar-refractivity contribution >= 4 is 0 Å². The summed E-state index contributed by atoms with van der Waals surface area (Å²) < 4.78 is 4.94. The summed E-state index contributed by atoms with van der Waals surface area (Å²) in [4.78, 5) is 0. The Hall–Kier alpha value is 0.0934. The van der Waals surface area contributed by atoms with E-state index in [-0.39, 0.29) is 31.9 Å². The van der Waals surface area contributed by atoms with Crippen molar-refractivity contribution in [3.05, 3.63) is 42.6 Å². The van der Waals surface area contributed by atoms with Crippen LogP contribution in [0.15, 0.2) is 36.5 Å². The number of rotatable bonds is 1. The van der Waals surface area contributed by atoms with E-state index in [1.54, 1.807) is 7.11 Å². The van der Waals surface area contributed by atoms with Crippen LogP contribution in [-0.4, -0.2) is 7.11 Å². The second kappa shape index (κ2) is 6.78. The Morgan fingerprint density at radius 1 is 1.18 bits per heavy atom. The van der Waals surface area contributed by atoms with Gasteiger partial charge in [-0.1, -0.05) is 18.7 Å². The van der Waals surface area contributed by atoms with E-state index in [0.717, 1.165) is 11.7 Å². The van der Waals surface area contributed by atoms with Crippen molar-refractivity contribution in [1.82, 2.24) is 0 Å². The van der Waals surface area contributed by atoms with E-state index in [4.69, 9.17) is 4.74 Å². The van der Waals surface area contributed by atoms with Gasteiger partial charge in [0.25, 0.3) is 0 Å². The summed E-state index contributed by atoms with van der Waals surface area (Å²) in [5.41, 5.74) is 1.01. The molecular weight excluding hydrogens is 213 g/mol. The molecule has 1 rings (SSSR count). The number of methoxy groups -OCH3 is 1. The molecule has 0 aromatic carbocycles. The monoisotopic (exact) mass is 220 g/mol.